The Kier molecular flexibility index (Phi) is 7.49. The highest BCUT2D eigenvalue weighted by Gasteiger charge is 2.21. The molecule has 0 radical (unpaired) electrons. The molecule has 0 spiro atoms. The zero-order valence-electron chi connectivity index (χ0n) is 14.8. The Balaban J connectivity index is 2.37. The molecule has 0 aromatic heterocycles. The Hall–Kier alpha value is -1.80. The van der Waals surface area contributed by atoms with Crippen LogP contribution in [0.25, 0.3) is 0 Å². The highest BCUT2D eigenvalue weighted by molar-refractivity contribution is 7.86. The predicted octanol–water partition coefficient (Wildman–Crippen LogP) is 3.62. The fraction of sp³-hybridized carbons (Fsp3) is 0.278. The number of carbonyl (C=O) groups is 1. The summed E-state index contributed by atoms with van der Waals surface area (Å²) in [6, 6.07) is 11.2. The highest BCUT2D eigenvalue weighted by Crippen LogP contribution is 2.27. The van der Waals surface area contributed by atoms with E-state index in [-0.39, 0.29) is 24.7 Å². The van der Waals surface area contributed by atoms with Crippen LogP contribution < -0.4 is 4.18 Å². The van der Waals surface area contributed by atoms with E-state index >= 15 is 0 Å². The lowest BCUT2D eigenvalue weighted by Gasteiger charge is -2.24. The van der Waals surface area contributed by atoms with E-state index in [4.69, 9.17) is 32.1 Å². The van der Waals surface area contributed by atoms with Gasteiger partial charge in [-0.1, -0.05) is 35.3 Å². The number of nitrogens with zero attached hydrogens (tertiary/aromatic N) is 1. The van der Waals surface area contributed by atoms with Crippen LogP contribution in [0.15, 0.2) is 42.5 Å². The van der Waals surface area contributed by atoms with Gasteiger partial charge in [0.2, 0.25) is 0 Å². The average molecular weight is 432 g/mol. The minimum Gasteiger partial charge on any atom is -0.383 e. The molecule has 0 aliphatic carbocycles. The van der Waals surface area contributed by atoms with Crippen molar-refractivity contribution in [3.8, 4) is 5.75 Å². The first kappa shape index (κ1) is 21.5. The number of halogens is 2. The molecule has 0 N–H and O–H groups in total. The van der Waals surface area contributed by atoms with Crippen LogP contribution >= 0.6 is 23.2 Å². The molecule has 0 aliphatic heterocycles. The molecule has 0 heterocycles. The largest absolute Gasteiger partial charge is 0.383 e. The highest BCUT2D eigenvalue weighted by atomic mass is 35.5. The zero-order valence-corrected chi connectivity index (χ0v) is 17.1. The van der Waals surface area contributed by atoms with Crippen molar-refractivity contribution in [2.45, 2.75) is 6.54 Å². The summed E-state index contributed by atoms with van der Waals surface area (Å²) in [5.74, 6) is -0.209. The van der Waals surface area contributed by atoms with E-state index in [9.17, 15) is 13.2 Å². The van der Waals surface area contributed by atoms with Gasteiger partial charge < -0.3 is 13.8 Å². The number of hydrogen-bond donors (Lipinski definition) is 0. The molecular weight excluding hydrogens is 413 g/mol. The molecule has 6 nitrogen and oxygen atoms in total. The lowest BCUT2D eigenvalue weighted by atomic mass is 10.1. The van der Waals surface area contributed by atoms with Crippen LogP contribution in [0.5, 0.6) is 5.75 Å². The molecule has 2 aromatic carbocycles. The van der Waals surface area contributed by atoms with E-state index in [2.05, 4.69) is 0 Å². The maximum absolute atomic E-state index is 13.0. The number of amides is 1. The van der Waals surface area contributed by atoms with E-state index in [1.54, 1.807) is 30.3 Å². The van der Waals surface area contributed by atoms with Crippen molar-refractivity contribution in [2.75, 3.05) is 26.5 Å². The summed E-state index contributed by atoms with van der Waals surface area (Å²) in [4.78, 5) is 14.4. The van der Waals surface area contributed by atoms with Gasteiger partial charge in [-0.15, -0.1) is 0 Å². The Bertz CT molecular complexity index is 918. The van der Waals surface area contributed by atoms with Crippen LogP contribution in [-0.2, 0) is 21.4 Å². The molecule has 0 saturated heterocycles. The fourth-order valence-corrected chi connectivity index (χ4v) is 3.28. The lowest BCUT2D eigenvalue weighted by molar-refractivity contribution is 0.0680. The molecule has 0 atom stereocenters. The molecule has 0 saturated carbocycles. The van der Waals surface area contributed by atoms with Crippen molar-refractivity contribution in [2.24, 2.45) is 0 Å². The van der Waals surface area contributed by atoms with E-state index in [1.165, 1.54) is 24.1 Å². The molecule has 1 amide bonds. The van der Waals surface area contributed by atoms with Crippen LogP contribution in [0.3, 0.4) is 0 Å². The summed E-state index contributed by atoms with van der Waals surface area (Å²) in [6.07, 6.45) is 0.947. The SMILES string of the molecule is COCCN(Cc1cc(Cl)ccc1OS(C)(=O)=O)C(=O)c1ccccc1Cl. The molecule has 2 rings (SSSR count). The first-order chi connectivity index (χ1) is 12.7. The number of methoxy groups -OCH3 is 1. The number of rotatable bonds is 8. The van der Waals surface area contributed by atoms with Gasteiger partial charge in [0.15, 0.2) is 0 Å². The van der Waals surface area contributed by atoms with Crippen molar-refractivity contribution in [3.05, 3.63) is 63.6 Å². The maximum atomic E-state index is 13.0. The van der Waals surface area contributed by atoms with Gasteiger partial charge >= 0.3 is 10.1 Å². The summed E-state index contributed by atoms with van der Waals surface area (Å²) in [7, 11) is -2.21. The molecule has 146 valence electrons. The summed E-state index contributed by atoms with van der Waals surface area (Å²) in [5.41, 5.74) is 0.785. The molecule has 9 heteroatoms. The maximum Gasteiger partial charge on any atom is 0.306 e. The van der Waals surface area contributed by atoms with Crippen molar-refractivity contribution < 1.29 is 22.1 Å². The van der Waals surface area contributed by atoms with Gasteiger partial charge in [0.05, 0.1) is 23.4 Å². The molecular formula is C18H19Cl2NO5S. The average Bonchev–Trinajstić information content (AvgIpc) is 2.59. The topological polar surface area (TPSA) is 72.9 Å². The summed E-state index contributed by atoms with van der Waals surface area (Å²) in [6.45, 7) is 0.628. The Morgan fingerprint density at radius 1 is 1.15 bits per heavy atom. The van der Waals surface area contributed by atoms with Crippen molar-refractivity contribution in [3.63, 3.8) is 0 Å². The Morgan fingerprint density at radius 2 is 1.85 bits per heavy atom. The molecule has 2 aromatic rings. The molecule has 27 heavy (non-hydrogen) atoms. The second-order valence-corrected chi connectivity index (χ2v) is 8.16. The molecule has 0 aliphatic rings. The van der Waals surface area contributed by atoms with Gasteiger partial charge in [-0.25, -0.2) is 0 Å². The van der Waals surface area contributed by atoms with Crippen LogP contribution in [0.2, 0.25) is 10.0 Å². The van der Waals surface area contributed by atoms with Gasteiger partial charge in [0.25, 0.3) is 5.91 Å². The first-order valence-corrected chi connectivity index (χ1v) is 10.5. The fourth-order valence-electron chi connectivity index (χ4n) is 2.38. The quantitative estimate of drug-likeness (QED) is 0.596. The van der Waals surface area contributed by atoms with Crippen LogP contribution in [0.1, 0.15) is 15.9 Å². The van der Waals surface area contributed by atoms with Crippen LogP contribution in [-0.4, -0.2) is 45.7 Å². The normalized spacial score (nSPS) is 11.3. The zero-order chi connectivity index (χ0) is 20.0. The van der Waals surface area contributed by atoms with Crippen LogP contribution in [0.4, 0.5) is 0 Å². The first-order valence-electron chi connectivity index (χ1n) is 7.92. The third kappa shape index (κ3) is 6.39. The molecule has 0 unspecified atom stereocenters. The van der Waals surface area contributed by atoms with Crippen LogP contribution in [0, 0.1) is 0 Å². The summed E-state index contributed by atoms with van der Waals surface area (Å²) >= 11 is 12.2. The van der Waals surface area contributed by atoms with Crippen molar-refractivity contribution in [1.82, 2.24) is 4.90 Å². The standard InChI is InChI=1S/C18H19Cl2NO5S/c1-25-10-9-21(18(22)15-5-3-4-6-16(15)20)12-13-11-14(19)7-8-17(13)26-27(2,23)24/h3-8,11H,9-10,12H2,1-2H3. The second kappa shape index (κ2) is 9.41. The monoisotopic (exact) mass is 431 g/mol. The number of hydrogen-bond acceptors (Lipinski definition) is 5. The lowest BCUT2D eigenvalue weighted by Crippen LogP contribution is -2.33. The minimum absolute atomic E-state index is 0.0683. The van der Waals surface area contributed by atoms with Gasteiger partial charge in [0.1, 0.15) is 5.75 Å². The summed E-state index contributed by atoms with van der Waals surface area (Å²) in [5, 5.41) is 0.714. The van der Waals surface area contributed by atoms with E-state index in [0.29, 0.717) is 27.8 Å². The van der Waals surface area contributed by atoms with E-state index in [1.807, 2.05) is 0 Å². The van der Waals surface area contributed by atoms with Gasteiger partial charge in [-0.05, 0) is 30.3 Å². The van der Waals surface area contributed by atoms with Gasteiger partial charge in [0, 0.05) is 30.8 Å². The number of ether oxygens (including phenoxy) is 1. The third-order valence-electron chi connectivity index (χ3n) is 3.58. The minimum atomic E-state index is -3.74. The number of carbonyl (C=O) groups excluding carboxylic acids is 1. The number of benzene rings is 2. The van der Waals surface area contributed by atoms with Crippen molar-refractivity contribution in [1.29, 1.82) is 0 Å². The molecule has 0 fully saturated rings. The van der Waals surface area contributed by atoms with E-state index in [0.717, 1.165) is 6.26 Å². The van der Waals surface area contributed by atoms with E-state index < -0.39 is 10.1 Å². The van der Waals surface area contributed by atoms with Gasteiger partial charge in [-0.3, -0.25) is 4.79 Å². The van der Waals surface area contributed by atoms with Crippen molar-refractivity contribution >= 4 is 39.2 Å². The predicted molar refractivity (Wildman–Crippen MR) is 105 cm³/mol. The third-order valence-corrected chi connectivity index (χ3v) is 4.63. The summed E-state index contributed by atoms with van der Waals surface area (Å²) < 4.78 is 33.1. The van der Waals surface area contributed by atoms with Gasteiger partial charge in [-0.2, -0.15) is 8.42 Å². The molecule has 0 bridgehead atoms. The second-order valence-electron chi connectivity index (χ2n) is 5.74. The Morgan fingerprint density at radius 3 is 2.48 bits per heavy atom. The Labute approximate surface area is 168 Å². The smallest absolute Gasteiger partial charge is 0.306 e.